The number of amides is 1. The number of carbonyl (C=O) groups is 2. The monoisotopic (exact) mass is 745 g/mol. The summed E-state index contributed by atoms with van der Waals surface area (Å²) in [5.74, 6) is -2.22. The molecule has 14 heteroatoms. The molecule has 0 saturated carbocycles. The van der Waals surface area contributed by atoms with E-state index in [1.54, 1.807) is 56.6 Å². The highest BCUT2D eigenvalue weighted by atomic mass is 19.1. The van der Waals surface area contributed by atoms with Gasteiger partial charge in [0.2, 0.25) is 0 Å². The van der Waals surface area contributed by atoms with E-state index in [9.17, 15) is 19.2 Å². The summed E-state index contributed by atoms with van der Waals surface area (Å²) in [6.45, 7) is 7.13. The van der Waals surface area contributed by atoms with Crippen LogP contribution in [0.2, 0.25) is 0 Å². The zero-order valence-electron chi connectivity index (χ0n) is 30.9. The van der Waals surface area contributed by atoms with E-state index < -0.39 is 35.0 Å². The number of nitrogens with zero attached hydrogens (tertiary/aromatic N) is 6. The second-order valence-electron chi connectivity index (χ2n) is 13.7. The molecule has 0 bridgehead atoms. The Bertz CT molecular complexity index is 2530. The maximum Gasteiger partial charge on any atom is 0.335 e. The molecule has 0 spiro atoms. The van der Waals surface area contributed by atoms with Gasteiger partial charge in [0.15, 0.2) is 0 Å². The molecule has 1 amide bonds. The lowest BCUT2D eigenvalue weighted by Gasteiger charge is -2.35. The molecule has 0 radical (unpaired) electrons. The molecule has 7 rings (SSSR count). The van der Waals surface area contributed by atoms with Crippen LogP contribution in [-0.4, -0.2) is 74.4 Å². The number of hydrogen-bond donors (Lipinski definition) is 1. The van der Waals surface area contributed by atoms with Crippen molar-refractivity contribution in [1.82, 2.24) is 29.4 Å². The number of aromatic nitrogens is 5. The summed E-state index contributed by atoms with van der Waals surface area (Å²) in [5.41, 5.74) is 2.98. The molecule has 2 atom stereocenters. The maximum atomic E-state index is 15.8. The van der Waals surface area contributed by atoms with E-state index in [4.69, 9.17) is 9.47 Å². The summed E-state index contributed by atoms with van der Waals surface area (Å²) >= 11 is 0. The van der Waals surface area contributed by atoms with Gasteiger partial charge in [-0.05, 0) is 73.9 Å². The molecular weight excluding hydrogens is 705 g/mol. The average Bonchev–Trinajstić information content (AvgIpc) is 3.18. The van der Waals surface area contributed by atoms with Crippen molar-refractivity contribution >= 4 is 39.4 Å². The summed E-state index contributed by atoms with van der Waals surface area (Å²) in [4.78, 5) is 69.9. The Morgan fingerprint density at radius 1 is 1.04 bits per heavy atom. The number of nitrogens with one attached hydrogen (secondary N) is 1. The first kappa shape index (κ1) is 37.1. The Morgan fingerprint density at radius 3 is 2.64 bits per heavy atom. The summed E-state index contributed by atoms with van der Waals surface area (Å²) < 4.78 is 29.5. The van der Waals surface area contributed by atoms with Gasteiger partial charge in [0, 0.05) is 67.8 Å². The third-order valence-corrected chi connectivity index (χ3v) is 9.97. The highest BCUT2D eigenvalue weighted by molar-refractivity contribution is 5.99. The first-order valence-corrected chi connectivity index (χ1v) is 18.0. The van der Waals surface area contributed by atoms with E-state index >= 15 is 4.39 Å². The lowest BCUT2D eigenvalue weighted by molar-refractivity contribution is -0.145. The van der Waals surface area contributed by atoms with Gasteiger partial charge in [0.25, 0.3) is 11.5 Å². The highest BCUT2D eigenvalue weighted by Crippen LogP contribution is 2.27. The van der Waals surface area contributed by atoms with Gasteiger partial charge in [-0.2, -0.15) is 0 Å². The average molecular weight is 746 g/mol. The first-order valence-electron chi connectivity index (χ1n) is 18.0. The number of fused-ring (bicyclic) bond motifs is 2. The van der Waals surface area contributed by atoms with Crippen molar-refractivity contribution < 1.29 is 23.5 Å². The number of carbonyl (C=O) groups excluding carboxylic acids is 2. The van der Waals surface area contributed by atoms with Crippen LogP contribution in [-0.2, 0) is 34.2 Å². The number of hydrogen-bond acceptors (Lipinski definition) is 10. The largest absolute Gasteiger partial charge is 0.464 e. The van der Waals surface area contributed by atoms with Crippen LogP contribution in [0.5, 0.6) is 0 Å². The zero-order chi connectivity index (χ0) is 38.8. The molecule has 2 aromatic carbocycles. The Kier molecular flexibility index (Phi) is 10.5. The number of aryl methyl sites for hydroxylation is 3. The second kappa shape index (κ2) is 15.6. The minimum Gasteiger partial charge on any atom is -0.464 e. The SMILES string of the molecule is Cc1ccc(CCOC(=O)[C@H](Cc2ccc(-n3c(=O)c4ccncc4n(C)c3=O)c3ncccc23)NC(=O)c2c(C)cc(N3CCOC[C@@H]3C)cc2F)cn1. The standard InChI is InChI=1S/C41H40FN7O6/c1-24-18-29(48-15-17-54-23-26(48)3)20-32(42)36(24)38(50)46-33(40(52)55-16-12-27-8-7-25(2)45-21-27)19-28-9-10-34(37-30(28)6-5-13-44-37)49-39(51)31-11-14-43-22-35(31)47(4)41(49)53/h5-11,13-14,18,20-22,26,33H,12,15-17,19,23H2,1-4H3,(H,46,50)/t26-,33-/m0/s1. The zero-order valence-corrected chi connectivity index (χ0v) is 30.9. The fraction of sp³-hybridized carbons (Fsp3) is 0.293. The van der Waals surface area contributed by atoms with E-state index in [1.165, 1.54) is 29.2 Å². The quantitative estimate of drug-likeness (QED) is 0.203. The number of pyridine rings is 3. The minimum atomic E-state index is -1.25. The van der Waals surface area contributed by atoms with Crippen molar-refractivity contribution in [2.75, 3.05) is 31.3 Å². The lowest BCUT2D eigenvalue weighted by Crippen LogP contribution is -2.45. The molecule has 1 aliphatic heterocycles. The Labute approximate surface area is 315 Å². The number of anilines is 1. The fourth-order valence-electron chi connectivity index (χ4n) is 7.03. The van der Waals surface area contributed by atoms with Gasteiger partial charge in [-0.3, -0.25) is 29.1 Å². The van der Waals surface area contributed by atoms with Crippen molar-refractivity contribution in [2.45, 2.75) is 45.7 Å². The molecule has 13 nitrogen and oxygen atoms in total. The van der Waals surface area contributed by atoms with Gasteiger partial charge < -0.3 is 19.7 Å². The van der Waals surface area contributed by atoms with Gasteiger partial charge in [0.05, 0.1) is 53.7 Å². The van der Waals surface area contributed by atoms with Gasteiger partial charge in [-0.25, -0.2) is 18.5 Å². The topological polar surface area (TPSA) is 151 Å². The van der Waals surface area contributed by atoms with Crippen molar-refractivity contribution in [1.29, 1.82) is 0 Å². The number of esters is 1. The maximum absolute atomic E-state index is 15.8. The number of benzene rings is 2. The highest BCUT2D eigenvalue weighted by Gasteiger charge is 2.29. The number of ether oxygens (including phenoxy) is 2. The molecule has 4 aromatic heterocycles. The van der Waals surface area contributed by atoms with Crippen LogP contribution in [0.15, 0.2) is 89.0 Å². The number of morpholine rings is 1. The van der Waals surface area contributed by atoms with Crippen LogP contribution >= 0.6 is 0 Å². The smallest absolute Gasteiger partial charge is 0.335 e. The Hall–Kier alpha value is -6.28. The summed E-state index contributed by atoms with van der Waals surface area (Å²) in [7, 11) is 1.56. The number of halogens is 1. The Balaban J connectivity index is 1.23. The van der Waals surface area contributed by atoms with E-state index in [1.807, 2.05) is 30.9 Å². The third-order valence-electron chi connectivity index (χ3n) is 9.97. The van der Waals surface area contributed by atoms with Crippen molar-refractivity contribution in [3.63, 3.8) is 0 Å². The molecular formula is C41H40FN7O6. The fourth-order valence-corrected chi connectivity index (χ4v) is 7.03. The van der Waals surface area contributed by atoms with Crippen molar-refractivity contribution in [3.8, 4) is 5.69 Å². The predicted molar refractivity (Wildman–Crippen MR) is 205 cm³/mol. The molecule has 0 unspecified atom stereocenters. The predicted octanol–water partition coefficient (Wildman–Crippen LogP) is 4.14. The van der Waals surface area contributed by atoms with E-state index in [0.717, 1.165) is 15.8 Å². The van der Waals surface area contributed by atoms with Crippen LogP contribution in [0, 0.1) is 19.7 Å². The number of rotatable bonds is 10. The van der Waals surface area contributed by atoms with Gasteiger partial charge >= 0.3 is 11.7 Å². The van der Waals surface area contributed by atoms with Crippen LogP contribution in [0.4, 0.5) is 10.1 Å². The molecule has 5 heterocycles. The second-order valence-corrected chi connectivity index (χ2v) is 13.7. The van der Waals surface area contributed by atoms with Gasteiger partial charge in [-0.15, -0.1) is 0 Å². The lowest BCUT2D eigenvalue weighted by atomic mass is 9.99. The molecule has 1 fully saturated rings. The molecule has 1 saturated heterocycles. The summed E-state index contributed by atoms with van der Waals surface area (Å²) in [6.07, 6.45) is 6.51. The first-order chi connectivity index (χ1) is 26.5. The third kappa shape index (κ3) is 7.45. The van der Waals surface area contributed by atoms with Crippen LogP contribution in [0.1, 0.15) is 39.7 Å². The van der Waals surface area contributed by atoms with E-state index in [0.29, 0.717) is 64.8 Å². The van der Waals surface area contributed by atoms with Gasteiger partial charge in [0.1, 0.15) is 11.9 Å². The molecule has 6 aromatic rings. The summed E-state index contributed by atoms with van der Waals surface area (Å²) in [6, 6.07) is 13.9. The van der Waals surface area contributed by atoms with Crippen molar-refractivity contribution in [2.24, 2.45) is 7.05 Å². The van der Waals surface area contributed by atoms with Crippen molar-refractivity contribution in [3.05, 3.63) is 134 Å². The van der Waals surface area contributed by atoms with Crippen LogP contribution in [0.3, 0.4) is 0 Å². The summed E-state index contributed by atoms with van der Waals surface area (Å²) in [5, 5.41) is 3.58. The van der Waals surface area contributed by atoms with Crippen LogP contribution < -0.4 is 21.5 Å². The van der Waals surface area contributed by atoms with E-state index in [-0.39, 0.29) is 30.3 Å². The van der Waals surface area contributed by atoms with E-state index in [2.05, 4.69) is 20.3 Å². The normalized spacial score (nSPS) is 14.9. The molecule has 1 aliphatic rings. The minimum absolute atomic E-state index is 0.0146. The Morgan fingerprint density at radius 2 is 1.87 bits per heavy atom. The molecule has 1 N–H and O–H groups in total. The molecule has 282 valence electrons. The van der Waals surface area contributed by atoms with Gasteiger partial charge in [-0.1, -0.05) is 18.2 Å². The molecule has 55 heavy (non-hydrogen) atoms. The molecule has 0 aliphatic carbocycles. The van der Waals surface area contributed by atoms with Crippen LogP contribution in [0.25, 0.3) is 27.5 Å².